The Balaban J connectivity index is 2.24. The van der Waals surface area contributed by atoms with Gasteiger partial charge < -0.3 is 9.84 Å². The molecule has 0 heterocycles. The summed E-state index contributed by atoms with van der Waals surface area (Å²) in [6.45, 7) is 0. The van der Waals surface area contributed by atoms with Gasteiger partial charge in [0.25, 0.3) is 0 Å². The molecule has 0 spiro atoms. The van der Waals surface area contributed by atoms with Crippen molar-refractivity contribution in [2.24, 2.45) is 0 Å². The SMILES string of the molecule is O=C(O)[C@@H](Oc1ccccc1)c1ccc(Br)cc1. The van der Waals surface area contributed by atoms with Crippen LogP contribution in [0.5, 0.6) is 5.75 Å². The minimum absolute atomic E-state index is 0.535. The number of carboxylic acids is 1. The van der Waals surface area contributed by atoms with Crippen LogP contribution in [0.3, 0.4) is 0 Å². The van der Waals surface area contributed by atoms with E-state index in [1.165, 1.54) is 0 Å². The van der Waals surface area contributed by atoms with Crippen LogP contribution in [0.1, 0.15) is 11.7 Å². The van der Waals surface area contributed by atoms with Gasteiger partial charge in [-0.05, 0) is 24.3 Å². The summed E-state index contributed by atoms with van der Waals surface area (Å²) in [7, 11) is 0. The summed E-state index contributed by atoms with van der Waals surface area (Å²) >= 11 is 3.31. The Morgan fingerprint density at radius 3 is 2.22 bits per heavy atom. The monoisotopic (exact) mass is 306 g/mol. The fourth-order valence-electron chi connectivity index (χ4n) is 1.53. The van der Waals surface area contributed by atoms with Crippen LogP contribution in [0.25, 0.3) is 0 Å². The Hall–Kier alpha value is -1.81. The molecule has 1 N–H and O–H groups in total. The fourth-order valence-corrected chi connectivity index (χ4v) is 1.80. The van der Waals surface area contributed by atoms with Gasteiger partial charge in [0, 0.05) is 10.0 Å². The molecule has 92 valence electrons. The van der Waals surface area contributed by atoms with Gasteiger partial charge in [0.2, 0.25) is 6.10 Å². The summed E-state index contributed by atoms with van der Waals surface area (Å²) in [5, 5.41) is 9.22. The third-order valence-corrected chi connectivity index (χ3v) is 2.92. The molecule has 2 rings (SSSR count). The maximum absolute atomic E-state index is 11.3. The highest BCUT2D eigenvalue weighted by molar-refractivity contribution is 9.10. The molecule has 0 saturated heterocycles. The number of hydrogen-bond acceptors (Lipinski definition) is 2. The van der Waals surface area contributed by atoms with Crippen molar-refractivity contribution in [1.82, 2.24) is 0 Å². The van der Waals surface area contributed by atoms with E-state index in [2.05, 4.69) is 15.9 Å². The second-order valence-electron chi connectivity index (χ2n) is 3.70. The third-order valence-electron chi connectivity index (χ3n) is 2.39. The van der Waals surface area contributed by atoms with Gasteiger partial charge in [-0.3, -0.25) is 0 Å². The van der Waals surface area contributed by atoms with Crippen molar-refractivity contribution in [2.75, 3.05) is 0 Å². The van der Waals surface area contributed by atoms with E-state index in [4.69, 9.17) is 4.74 Å². The van der Waals surface area contributed by atoms with Crippen LogP contribution >= 0.6 is 15.9 Å². The van der Waals surface area contributed by atoms with Gasteiger partial charge in [-0.2, -0.15) is 0 Å². The van der Waals surface area contributed by atoms with Crippen LogP contribution in [-0.2, 0) is 4.79 Å². The van der Waals surface area contributed by atoms with Crippen LogP contribution in [0, 0.1) is 0 Å². The quantitative estimate of drug-likeness (QED) is 0.938. The number of carbonyl (C=O) groups is 1. The first-order chi connectivity index (χ1) is 8.66. The first-order valence-electron chi connectivity index (χ1n) is 5.37. The highest BCUT2D eigenvalue weighted by Gasteiger charge is 2.21. The van der Waals surface area contributed by atoms with Gasteiger partial charge in [0.1, 0.15) is 5.75 Å². The average molecular weight is 307 g/mol. The Morgan fingerprint density at radius 2 is 1.67 bits per heavy atom. The van der Waals surface area contributed by atoms with Gasteiger partial charge in [0.05, 0.1) is 0 Å². The molecule has 0 fully saturated rings. The molecule has 0 unspecified atom stereocenters. The first kappa shape index (κ1) is 12.6. The molecule has 0 amide bonds. The average Bonchev–Trinajstić information content (AvgIpc) is 2.38. The lowest BCUT2D eigenvalue weighted by Gasteiger charge is -2.15. The lowest BCUT2D eigenvalue weighted by Crippen LogP contribution is -2.18. The Morgan fingerprint density at radius 1 is 1.06 bits per heavy atom. The van der Waals surface area contributed by atoms with E-state index in [1.807, 2.05) is 6.07 Å². The Kier molecular flexibility index (Phi) is 3.99. The van der Waals surface area contributed by atoms with Crippen LogP contribution in [0.4, 0.5) is 0 Å². The van der Waals surface area contributed by atoms with Crippen molar-refractivity contribution >= 4 is 21.9 Å². The van der Waals surface area contributed by atoms with E-state index < -0.39 is 12.1 Å². The standard InChI is InChI=1S/C14H11BrO3/c15-11-8-6-10(7-9-11)13(14(16)17)18-12-4-2-1-3-5-12/h1-9,13H,(H,16,17)/t13-/m0/s1. The number of rotatable bonds is 4. The van der Waals surface area contributed by atoms with Gasteiger partial charge in [-0.15, -0.1) is 0 Å². The van der Waals surface area contributed by atoms with Crippen molar-refractivity contribution in [3.05, 3.63) is 64.6 Å². The molecule has 3 nitrogen and oxygen atoms in total. The number of benzene rings is 2. The van der Waals surface area contributed by atoms with E-state index in [9.17, 15) is 9.90 Å². The second-order valence-corrected chi connectivity index (χ2v) is 4.62. The topological polar surface area (TPSA) is 46.5 Å². The smallest absolute Gasteiger partial charge is 0.349 e. The normalized spacial score (nSPS) is 11.8. The summed E-state index contributed by atoms with van der Waals surface area (Å²) in [5.41, 5.74) is 0.606. The van der Waals surface area contributed by atoms with E-state index in [1.54, 1.807) is 48.5 Å². The highest BCUT2D eigenvalue weighted by atomic mass is 79.9. The van der Waals surface area contributed by atoms with Crippen molar-refractivity contribution in [3.8, 4) is 5.75 Å². The van der Waals surface area contributed by atoms with Crippen LogP contribution in [0.15, 0.2) is 59.1 Å². The molecule has 18 heavy (non-hydrogen) atoms. The number of hydrogen-bond donors (Lipinski definition) is 1. The molecular weight excluding hydrogens is 296 g/mol. The number of aliphatic carboxylic acids is 1. The molecule has 0 aromatic heterocycles. The summed E-state index contributed by atoms with van der Waals surface area (Å²) in [6, 6.07) is 16.0. The number of halogens is 1. The zero-order valence-electron chi connectivity index (χ0n) is 9.42. The maximum Gasteiger partial charge on any atom is 0.349 e. The molecule has 0 aliphatic heterocycles. The van der Waals surface area contributed by atoms with Gasteiger partial charge in [-0.25, -0.2) is 4.79 Å². The summed E-state index contributed by atoms with van der Waals surface area (Å²) in [4.78, 5) is 11.3. The summed E-state index contributed by atoms with van der Waals surface area (Å²) < 4.78 is 6.39. The lowest BCUT2D eigenvalue weighted by molar-refractivity contribution is -0.145. The molecule has 4 heteroatoms. The molecule has 0 saturated carbocycles. The van der Waals surface area contributed by atoms with Gasteiger partial charge in [-0.1, -0.05) is 46.3 Å². The van der Waals surface area contributed by atoms with Crippen molar-refractivity contribution in [1.29, 1.82) is 0 Å². The number of carboxylic acid groups (broad SMARTS) is 1. The zero-order valence-corrected chi connectivity index (χ0v) is 11.0. The third kappa shape index (κ3) is 3.11. The predicted octanol–water partition coefficient (Wildman–Crippen LogP) is 3.65. The number of ether oxygens (including phenoxy) is 1. The molecule has 0 radical (unpaired) electrons. The van der Waals surface area contributed by atoms with E-state index in [0.717, 1.165) is 4.47 Å². The summed E-state index contributed by atoms with van der Waals surface area (Å²) in [5.74, 6) is -0.478. The fraction of sp³-hybridized carbons (Fsp3) is 0.0714. The summed E-state index contributed by atoms with van der Waals surface area (Å²) in [6.07, 6.45) is -1.000. The van der Waals surface area contributed by atoms with Crippen LogP contribution in [0.2, 0.25) is 0 Å². The Bertz CT molecular complexity index is 522. The molecule has 2 aromatic rings. The first-order valence-corrected chi connectivity index (χ1v) is 6.16. The van der Waals surface area contributed by atoms with Gasteiger partial charge in [0.15, 0.2) is 0 Å². The molecule has 0 aliphatic carbocycles. The van der Waals surface area contributed by atoms with E-state index in [0.29, 0.717) is 11.3 Å². The molecule has 0 aliphatic rings. The van der Waals surface area contributed by atoms with E-state index in [-0.39, 0.29) is 0 Å². The van der Waals surface area contributed by atoms with Crippen molar-refractivity contribution in [3.63, 3.8) is 0 Å². The highest BCUT2D eigenvalue weighted by Crippen LogP contribution is 2.23. The van der Waals surface area contributed by atoms with Gasteiger partial charge >= 0.3 is 5.97 Å². The van der Waals surface area contributed by atoms with Crippen molar-refractivity contribution in [2.45, 2.75) is 6.10 Å². The van der Waals surface area contributed by atoms with Crippen molar-refractivity contribution < 1.29 is 14.6 Å². The lowest BCUT2D eigenvalue weighted by atomic mass is 10.1. The largest absolute Gasteiger partial charge is 0.478 e. The second kappa shape index (κ2) is 5.69. The molecule has 1 atom stereocenters. The molecular formula is C14H11BrO3. The zero-order chi connectivity index (χ0) is 13.0. The number of para-hydroxylation sites is 1. The van der Waals surface area contributed by atoms with Crippen LogP contribution in [-0.4, -0.2) is 11.1 Å². The van der Waals surface area contributed by atoms with E-state index >= 15 is 0 Å². The van der Waals surface area contributed by atoms with Crippen LogP contribution < -0.4 is 4.74 Å². The molecule has 2 aromatic carbocycles. The minimum atomic E-state index is -1.01. The predicted molar refractivity (Wildman–Crippen MR) is 71.6 cm³/mol. The minimum Gasteiger partial charge on any atom is -0.478 e. The molecule has 0 bridgehead atoms. The Labute approximate surface area is 113 Å². The maximum atomic E-state index is 11.3.